The van der Waals surface area contributed by atoms with E-state index in [1.807, 2.05) is 0 Å². The second-order valence-corrected chi connectivity index (χ2v) is 7.83. The van der Waals surface area contributed by atoms with Gasteiger partial charge in [0.15, 0.2) is 5.17 Å². The molecule has 1 aliphatic heterocycles. The summed E-state index contributed by atoms with van der Waals surface area (Å²) in [5.74, 6) is 0.324. The van der Waals surface area contributed by atoms with E-state index in [4.69, 9.17) is 0 Å². The van der Waals surface area contributed by atoms with Crippen LogP contribution in [0.3, 0.4) is 0 Å². The van der Waals surface area contributed by atoms with E-state index in [1.54, 1.807) is 42.6 Å². The summed E-state index contributed by atoms with van der Waals surface area (Å²) in [6.45, 7) is 0. The van der Waals surface area contributed by atoms with Crippen LogP contribution in [0, 0.1) is 0 Å². The number of sulfonamides is 1. The van der Waals surface area contributed by atoms with Crippen LogP contribution in [-0.2, 0) is 15.8 Å². The van der Waals surface area contributed by atoms with Crippen LogP contribution < -0.4 is 10.9 Å². The van der Waals surface area contributed by atoms with Gasteiger partial charge in [0, 0.05) is 18.0 Å². The fraction of sp³-hybridized carbons (Fsp3) is 0.0625. The number of benzene rings is 1. The highest BCUT2D eigenvalue weighted by Crippen LogP contribution is 2.29. The molecular weight excluding hydrogens is 360 g/mol. The number of fused-ring (bicyclic) bond motifs is 2. The fourth-order valence-electron chi connectivity index (χ4n) is 2.47. The quantitative estimate of drug-likeness (QED) is 0.740. The van der Waals surface area contributed by atoms with E-state index in [-0.39, 0.29) is 15.6 Å². The molecule has 0 saturated carbocycles. The molecule has 1 aliphatic rings. The average molecular weight is 372 g/mol. The first-order chi connectivity index (χ1) is 12.0. The number of para-hydroxylation sites is 1. The molecule has 126 valence electrons. The minimum Gasteiger partial charge on any atom is -0.333 e. The number of pyridine rings is 1. The van der Waals surface area contributed by atoms with Crippen molar-refractivity contribution in [1.29, 1.82) is 0 Å². The summed E-state index contributed by atoms with van der Waals surface area (Å²) in [4.78, 5) is 16.7. The van der Waals surface area contributed by atoms with E-state index in [1.165, 1.54) is 28.3 Å². The van der Waals surface area contributed by atoms with Crippen LogP contribution in [0.4, 0.5) is 5.69 Å². The highest BCUT2D eigenvalue weighted by Gasteiger charge is 2.24. The molecule has 9 heteroatoms. The second kappa shape index (κ2) is 6.01. The Morgan fingerprint density at radius 2 is 1.92 bits per heavy atom. The number of amidine groups is 1. The lowest BCUT2D eigenvalue weighted by atomic mass is 10.3. The first-order valence-electron chi connectivity index (χ1n) is 7.34. The summed E-state index contributed by atoms with van der Waals surface area (Å²) >= 11 is 1.18. The number of anilines is 1. The van der Waals surface area contributed by atoms with Gasteiger partial charge in [0.25, 0.3) is 15.6 Å². The van der Waals surface area contributed by atoms with E-state index < -0.39 is 10.0 Å². The molecule has 4 rings (SSSR count). The van der Waals surface area contributed by atoms with Gasteiger partial charge in [-0.3, -0.25) is 9.20 Å². The van der Waals surface area contributed by atoms with Gasteiger partial charge < -0.3 is 5.32 Å². The Labute approximate surface area is 147 Å². The van der Waals surface area contributed by atoms with E-state index in [0.717, 1.165) is 0 Å². The number of rotatable bonds is 2. The van der Waals surface area contributed by atoms with Crippen molar-refractivity contribution in [1.82, 2.24) is 9.38 Å². The van der Waals surface area contributed by atoms with Gasteiger partial charge in [0.2, 0.25) is 0 Å². The Balaban J connectivity index is 1.60. The SMILES string of the molecule is O=c1cc(CSC2=NS(=O)(=O)c3ccccc3N2)nc2ccccn12. The lowest BCUT2D eigenvalue weighted by molar-refractivity contribution is 0.598. The van der Waals surface area contributed by atoms with Crippen molar-refractivity contribution in [2.45, 2.75) is 10.6 Å². The van der Waals surface area contributed by atoms with Gasteiger partial charge in [-0.1, -0.05) is 30.0 Å². The Kier molecular flexibility index (Phi) is 3.81. The van der Waals surface area contributed by atoms with Crippen LogP contribution in [0.2, 0.25) is 0 Å². The number of aromatic nitrogens is 2. The molecule has 0 spiro atoms. The first kappa shape index (κ1) is 15.9. The van der Waals surface area contributed by atoms with Crippen molar-refractivity contribution in [3.63, 3.8) is 0 Å². The topological polar surface area (TPSA) is 92.9 Å². The van der Waals surface area contributed by atoms with Crippen LogP contribution in [0.5, 0.6) is 0 Å². The molecule has 2 aromatic heterocycles. The van der Waals surface area contributed by atoms with Gasteiger partial charge in [-0.25, -0.2) is 4.98 Å². The predicted octanol–water partition coefficient (Wildman–Crippen LogP) is 2.10. The summed E-state index contributed by atoms with van der Waals surface area (Å²) in [5, 5.41) is 3.26. The molecule has 3 aromatic rings. The average Bonchev–Trinajstić information content (AvgIpc) is 2.60. The normalized spacial score (nSPS) is 15.3. The molecule has 0 radical (unpaired) electrons. The molecule has 7 nitrogen and oxygen atoms in total. The van der Waals surface area contributed by atoms with E-state index >= 15 is 0 Å². The van der Waals surface area contributed by atoms with Gasteiger partial charge in [-0.2, -0.15) is 8.42 Å². The maximum absolute atomic E-state index is 12.2. The van der Waals surface area contributed by atoms with Gasteiger partial charge in [-0.15, -0.1) is 4.40 Å². The minimum absolute atomic E-state index is 0.154. The molecule has 0 atom stereocenters. The van der Waals surface area contributed by atoms with Crippen LogP contribution in [0.1, 0.15) is 5.69 Å². The van der Waals surface area contributed by atoms with Gasteiger partial charge in [0.05, 0.1) is 11.4 Å². The third-order valence-electron chi connectivity index (χ3n) is 3.59. The predicted molar refractivity (Wildman–Crippen MR) is 97.4 cm³/mol. The first-order valence-corrected chi connectivity index (χ1v) is 9.77. The van der Waals surface area contributed by atoms with Crippen LogP contribution >= 0.6 is 11.8 Å². The number of thioether (sulfide) groups is 1. The smallest absolute Gasteiger partial charge is 0.286 e. The summed E-state index contributed by atoms with van der Waals surface area (Å²) < 4.78 is 29.7. The summed E-state index contributed by atoms with van der Waals surface area (Å²) in [5.41, 5.74) is 1.41. The Hall–Kier alpha value is -2.65. The van der Waals surface area contributed by atoms with Crippen LogP contribution in [0.15, 0.2) is 68.8 Å². The Morgan fingerprint density at radius 1 is 1.12 bits per heavy atom. The Morgan fingerprint density at radius 3 is 2.80 bits per heavy atom. The van der Waals surface area contributed by atoms with E-state index in [0.29, 0.717) is 22.8 Å². The molecule has 0 unspecified atom stereocenters. The molecule has 25 heavy (non-hydrogen) atoms. The van der Waals surface area contributed by atoms with Crippen molar-refractivity contribution in [2.24, 2.45) is 4.40 Å². The monoisotopic (exact) mass is 372 g/mol. The number of nitrogens with zero attached hydrogens (tertiary/aromatic N) is 3. The fourth-order valence-corrected chi connectivity index (χ4v) is 4.60. The standard InChI is InChI=1S/C16H12N4O3S2/c21-15-9-11(17-14-7-3-4-8-20(14)15)10-24-16-18-12-5-1-2-6-13(12)25(22,23)19-16/h1-9H,10H2,(H,18,19). The van der Waals surface area contributed by atoms with Crippen molar-refractivity contribution < 1.29 is 8.42 Å². The molecule has 0 bridgehead atoms. The largest absolute Gasteiger partial charge is 0.333 e. The highest BCUT2D eigenvalue weighted by atomic mass is 32.2. The summed E-state index contributed by atoms with van der Waals surface area (Å²) in [7, 11) is -3.72. The van der Waals surface area contributed by atoms with Crippen molar-refractivity contribution in [2.75, 3.05) is 5.32 Å². The molecule has 3 heterocycles. The highest BCUT2D eigenvalue weighted by molar-refractivity contribution is 8.14. The maximum Gasteiger partial charge on any atom is 0.286 e. The second-order valence-electron chi connectivity index (χ2n) is 5.30. The van der Waals surface area contributed by atoms with Gasteiger partial charge in [-0.05, 0) is 24.3 Å². The zero-order valence-corrected chi connectivity index (χ0v) is 14.4. The third-order valence-corrected chi connectivity index (χ3v) is 5.95. The molecular formula is C16H12N4O3S2. The number of hydrogen-bond acceptors (Lipinski definition) is 6. The third kappa shape index (κ3) is 3.03. The summed E-state index contributed by atoms with van der Waals surface area (Å²) in [6.07, 6.45) is 1.65. The summed E-state index contributed by atoms with van der Waals surface area (Å²) in [6, 6.07) is 13.3. The molecule has 0 fully saturated rings. The lowest BCUT2D eigenvalue weighted by Crippen LogP contribution is -2.19. The minimum atomic E-state index is -3.72. The number of hydrogen-bond donors (Lipinski definition) is 1. The zero-order valence-electron chi connectivity index (χ0n) is 12.8. The molecule has 0 saturated heterocycles. The van der Waals surface area contributed by atoms with E-state index in [2.05, 4.69) is 14.7 Å². The Bertz CT molecular complexity index is 1170. The molecule has 0 aliphatic carbocycles. The number of nitrogens with one attached hydrogen (secondary N) is 1. The molecule has 1 N–H and O–H groups in total. The van der Waals surface area contributed by atoms with Crippen LogP contribution in [-0.4, -0.2) is 23.0 Å². The van der Waals surface area contributed by atoms with Crippen LogP contribution in [0.25, 0.3) is 5.65 Å². The molecule has 1 aromatic carbocycles. The van der Waals surface area contributed by atoms with E-state index in [9.17, 15) is 13.2 Å². The maximum atomic E-state index is 12.2. The van der Waals surface area contributed by atoms with Gasteiger partial charge in [0.1, 0.15) is 10.5 Å². The van der Waals surface area contributed by atoms with Crippen molar-refractivity contribution in [3.05, 3.63) is 70.8 Å². The molecule has 0 amide bonds. The zero-order chi connectivity index (χ0) is 17.4. The van der Waals surface area contributed by atoms with Crippen molar-refractivity contribution in [3.8, 4) is 0 Å². The van der Waals surface area contributed by atoms with Gasteiger partial charge >= 0.3 is 0 Å². The van der Waals surface area contributed by atoms with Crippen molar-refractivity contribution >= 4 is 38.3 Å². The lowest BCUT2D eigenvalue weighted by Gasteiger charge is -2.17.